The Labute approximate surface area is 97.2 Å². The third-order valence-electron chi connectivity index (χ3n) is 3.21. The Kier molecular flexibility index (Phi) is 4.18. The lowest BCUT2D eigenvalue weighted by Crippen LogP contribution is -2.44. The average molecular weight is 248 g/mol. The molecule has 2 heterocycles. The van der Waals surface area contributed by atoms with Crippen molar-refractivity contribution >= 4 is 10.0 Å². The lowest BCUT2D eigenvalue weighted by molar-refractivity contribution is 0.0728. The van der Waals surface area contributed by atoms with E-state index in [-0.39, 0.29) is 5.92 Å². The Morgan fingerprint density at radius 2 is 2.06 bits per heavy atom. The summed E-state index contributed by atoms with van der Waals surface area (Å²) in [6.45, 7) is 3.95. The molecule has 1 N–H and O–H groups in total. The highest BCUT2D eigenvalue weighted by Crippen LogP contribution is 2.15. The molecule has 1 unspecified atom stereocenters. The molecule has 2 aliphatic rings. The van der Waals surface area contributed by atoms with Gasteiger partial charge in [-0.3, -0.25) is 0 Å². The molecule has 16 heavy (non-hydrogen) atoms. The first-order valence-electron chi connectivity index (χ1n) is 5.95. The highest BCUT2D eigenvalue weighted by Gasteiger charge is 2.28. The van der Waals surface area contributed by atoms with Crippen molar-refractivity contribution in [3.8, 4) is 0 Å². The standard InChI is InChI=1S/C10H20N2O3S/c13-16(14,12-4-6-15-7-5-12)9-10-2-1-3-11-8-10/h10-11H,1-9H2. The molecular weight excluding hydrogens is 228 g/mol. The zero-order chi connectivity index (χ0) is 11.4. The Morgan fingerprint density at radius 1 is 1.31 bits per heavy atom. The van der Waals surface area contributed by atoms with E-state index in [0.29, 0.717) is 32.1 Å². The van der Waals surface area contributed by atoms with Crippen LogP contribution in [0.1, 0.15) is 12.8 Å². The van der Waals surface area contributed by atoms with Crippen LogP contribution in [0.4, 0.5) is 0 Å². The number of piperidine rings is 1. The molecule has 2 saturated heterocycles. The molecule has 0 aromatic heterocycles. The summed E-state index contributed by atoms with van der Waals surface area (Å²) < 4.78 is 30.9. The molecule has 2 fully saturated rings. The van der Waals surface area contributed by atoms with Crippen LogP contribution in [0.5, 0.6) is 0 Å². The molecule has 94 valence electrons. The van der Waals surface area contributed by atoms with E-state index in [4.69, 9.17) is 4.74 Å². The fraction of sp³-hybridized carbons (Fsp3) is 1.00. The highest BCUT2D eigenvalue weighted by atomic mass is 32.2. The molecule has 0 radical (unpaired) electrons. The quantitative estimate of drug-likeness (QED) is 0.741. The minimum atomic E-state index is -3.07. The minimum Gasteiger partial charge on any atom is -0.379 e. The zero-order valence-electron chi connectivity index (χ0n) is 9.52. The predicted molar refractivity (Wildman–Crippen MR) is 61.8 cm³/mol. The molecule has 0 aromatic rings. The van der Waals surface area contributed by atoms with Crippen LogP contribution in [0.15, 0.2) is 0 Å². The van der Waals surface area contributed by atoms with E-state index in [1.54, 1.807) is 4.31 Å². The van der Waals surface area contributed by atoms with E-state index in [1.165, 1.54) is 0 Å². The number of hydrogen-bond donors (Lipinski definition) is 1. The van der Waals surface area contributed by atoms with Gasteiger partial charge < -0.3 is 10.1 Å². The number of ether oxygens (including phenoxy) is 1. The van der Waals surface area contributed by atoms with E-state index in [2.05, 4.69) is 5.32 Å². The van der Waals surface area contributed by atoms with Crippen molar-refractivity contribution in [3.05, 3.63) is 0 Å². The normalized spacial score (nSPS) is 29.1. The highest BCUT2D eigenvalue weighted by molar-refractivity contribution is 7.89. The Hall–Kier alpha value is -0.170. The van der Waals surface area contributed by atoms with Gasteiger partial charge in [0, 0.05) is 13.1 Å². The predicted octanol–water partition coefficient (Wildman–Crippen LogP) is -0.352. The van der Waals surface area contributed by atoms with Crippen LogP contribution in [0.3, 0.4) is 0 Å². The Morgan fingerprint density at radius 3 is 2.69 bits per heavy atom. The molecule has 5 nitrogen and oxygen atoms in total. The maximum atomic E-state index is 12.1. The summed E-state index contributed by atoms with van der Waals surface area (Å²) in [4.78, 5) is 0. The SMILES string of the molecule is O=S(=O)(CC1CCCNC1)N1CCOCC1. The van der Waals surface area contributed by atoms with Gasteiger partial charge in [-0.25, -0.2) is 8.42 Å². The van der Waals surface area contributed by atoms with E-state index < -0.39 is 10.0 Å². The Balaban J connectivity index is 1.90. The largest absolute Gasteiger partial charge is 0.379 e. The summed E-state index contributed by atoms with van der Waals surface area (Å²) in [5.41, 5.74) is 0. The van der Waals surface area contributed by atoms with Gasteiger partial charge in [0.05, 0.1) is 19.0 Å². The molecule has 0 aliphatic carbocycles. The number of nitrogens with one attached hydrogen (secondary N) is 1. The number of rotatable bonds is 3. The number of sulfonamides is 1. The van der Waals surface area contributed by atoms with E-state index in [9.17, 15) is 8.42 Å². The van der Waals surface area contributed by atoms with Gasteiger partial charge in [-0.1, -0.05) is 0 Å². The van der Waals surface area contributed by atoms with Crippen molar-refractivity contribution in [2.45, 2.75) is 12.8 Å². The van der Waals surface area contributed by atoms with E-state index >= 15 is 0 Å². The number of nitrogens with zero attached hydrogens (tertiary/aromatic N) is 1. The first-order valence-corrected chi connectivity index (χ1v) is 7.56. The maximum absolute atomic E-state index is 12.1. The van der Waals surface area contributed by atoms with Crippen LogP contribution < -0.4 is 5.32 Å². The first-order chi connectivity index (χ1) is 7.68. The van der Waals surface area contributed by atoms with Gasteiger partial charge in [-0.2, -0.15) is 4.31 Å². The molecule has 1 atom stereocenters. The first kappa shape index (κ1) is 12.3. The topological polar surface area (TPSA) is 58.6 Å². The van der Waals surface area contributed by atoms with Gasteiger partial charge in [0.1, 0.15) is 0 Å². The summed E-state index contributed by atoms with van der Waals surface area (Å²) in [5.74, 6) is 0.571. The zero-order valence-corrected chi connectivity index (χ0v) is 10.3. The second kappa shape index (κ2) is 5.44. The molecule has 2 aliphatic heterocycles. The monoisotopic (exact) mass is 248 g/mol. The lowest BCUT2D eigenvalue weighted by Gasteiger charge is -2.29. The second-order valence-electron chi connectivity index (χ2n) is 4.50. The fourth-order valence-electron chi connectivity index (χ4n) is 2.29. The summed E-state index contributed by atoms with van der Waals surface area (Å²) in [5, 5.41) is 3.25. The summed E-state index contributed by atoms with van der Waals surface area (Å²) in [6, 6.07) is 0. The Bertz CT molecular complexity index is 306. The van der Waals surface area contributed by atoms with Crippen LogP contribution in [0.2, 0.25) is 0 Å². The molecule has 0 spiro atoms. The van der Waals surface area contributed by atoms with Gasteiger partial charge >= 0.3 is 0 Å². The van der Waals surface area contributed by atoms with Gasteiger partial charge in [0.15, 0.2) is 0 Å². The van der Waals surface area contributed by atoms with Crippen molar-refractivity contribution in [1.29, 1.82) is 0 Å². The minimum absolute atomic E-state index is 0.279. The van der Waals surface area contributed by atoms with Gasteiger partial charge in [-0.05, 0) is 31.8 Å². The van der Waals surface area contributed by atoms with Crippen LogP contribution in [0.25, 0.3) is 0 Å². The number of hydrogen-bond acceptors (Lipinski definition) is 4. The van der Waals surface area contributed by atoms with Crippen LogP contribution in [-0.4, -0.2) is 57.9 Å². The van der Waals surface area contributed by atoms with Crippen molar-refractivity contribution in [2.24, 2.45) is 5.92 Å². The molecule has 6 heteroatoms. The molecule has 2 rings (SSSR count). The van der Waals surface area contributed by atoms with Gasteiger partial charge in [-0.15, -0.1) is 0 Å². The van der Waals surface area contributed by atoms with Gasteiger partial charge in [0.25, 0.3) is 0 Å². The maximum Gasteiger partial charge on any atom is 0.214 e. The molecule has 0 bridgehead atoms. The summed E-state index contributed by atoms with van der Waals surface area (Å²) >= 11 is 0. The molecule has 0 aromatic carbocycles. The lowest BCUT2D eigenvalue weighted by atomic mass is 10.0. The molecule has 0 amide bonds. The van der Waals surface area contributed by atoms with Crippen LogP contribution in [0, 0.1) is 5.92 Å². The van der Waals surface area contributed by atoms with Crippen LogP contribution >= 0.6 is 0 Å². The number of morpholine rings is 1. The summed E-state index contributed by atoms with van der Waals surface area (Å²) in [6.07, 6.45) is 2.11. The van der Waals surface area contributed by atoms with Crippen molar-refractivity contribution in [1.82, 2.24) is 9.62 Å². The smallest absolute Gasteiger partial charge is 0.214 e. The third-order valence-corrected chi connectivity index (χ3v) is 5.25. The van der Waals surface area contributed by atoms with Gasteiger partial charge in [0.2, 0.25) is 10.0 Å². The third kappa shape index (κ3) is 3.16. The molecular formula is C10H20N2O3S. The van der Waals surface area contributed by atoms with E-state index in [1.807, 2.05) is 0 Å². The molecule has 0 saturated carbocycles. The fourth-order valence-corrected chi connectivity index (χ4v) is 4.09. The van der Waals surface area contributed by atoms with Crippen molar-refractivity contribution < 1.29 is 13.2 Å². The van der Waals surface area contributed by atoms with Crippen molar-refractivity contribution in [2.75, 3.05) is 45.1 Å². The van der Waals surface area contributed by atoms with Crippen molar-refractivity contribution in [3.63, 3.8) is 0 Å². The van der Waals surface area contributed by atoms with E-state index in [0.717, 1.165) is 25.9 Å². The summed E-state index contributed by atoms with van der Waals surface area (Å²) in [7, 11) is -3.07. The second-order valence-corrected chi connectivity index (χ2v) is 6.52. The average Bonchev–Trinajstić information content (AvgIpc) is 2.31. The van der Waals surface area contributed by atoms with Crippen LogP contribution in [-0.2, 0) is 14.8 Å².